The van der Waals surface area contributed by atoms with Crippen molar-refractivity contribution in [3.8, 4) is 0 Å². The average molecular weight is 548 g/mol. The van der Waals surface area contributed by atoms with Crippen molar-refractivity contribution in [1.82, 2.24) is 17.4 Å². The second-order valence-electron chi connectivity index (χ2n) is 7.06. The van der Waals surface area contributed by atoms with Gasteiger partial charge in [-0.05, 0) is 48.7 Å². The third-order valence-corrected chi connectivity index (χ3v) is 6.79. The number of rotatable bonds is 8. The van der Waals surface area contributed by atoms with Crippen LogP contribution in [-0.4, -0.2) is 27.3 Å². The number of hydroxylamine groups is 2. The molecule has 2 aromatic carbocycles. The smallest absolute Gasteiger partial charge is 0.344 e. The summed E-state index contributed by atoms with van der Waals surface area (Å²) >= 11 is 11.8. The van der Waals surface area contributed by atoms with Crippen LogP contribution in [-0.2, 0) is 20.4 Å². The van der Waals surface area contributed by atoms with E-state index in [4.69, 9.17) is 28.0 Å². The van der Waals surface area contributed by atoms with Gasteiger partial charge in [-0.2, -0.15) is 13.2 Å². The fourth-order valence-corrected chi connectivity index (χ4v) is 4.27. The largest absolute Gasteiger partial charge is 0.416 e. The van der Waals surface area contributed by atoms with Gasteiger partial charge >= 0.3 is 13.8 Å². The molecule has 34 heavy (non-hydrogen) atoms. The molecule has 0 radical (unpaired) electrons. The predicted octanol–water partition coefficient (Wildman–Crippen LogP) is 6.49. The summed E-state index contributed by atoms with van der Waals surface area (Å²) in [5, 5.41) is 1.26. The molecule has 8 N–H and O–H groups in total. The molecule has 0 saturated heterocycles. The lowest BCUT2D eigenvalue weighted by Crippen LogP contribution is -2.32. The highest BCUT2D eigenvalue weighted by Crippen LogP contribution is 2.54. The number of halogens is 5. The van der Waals surface area contributed by atoms with Crippen molar-refractivity contribution < 1.29 is 37.2 Å². The van der Waals surface area contributed by atoms with Crippen LogP contribution in [0.3, 0.4) is 0 Å². The van der Waals surface area contributed by atoms with Crippen molar-refractivity contribution in [2.75, 3.05) is 6.54 Å². The molecule has 0 spiro atoms. The van der Waals surface area contributed by atoms with E-state index in [9.17, 15) is 32.3 Å². The van der Waals surface area contributed by atoms with Crippen LogP contribution in [0.4, 0.5) is 13.2 Å². The molecule has 2 aromatic rings. The van der Waals surface area contributed by atoms with Gasteiger partial charge in [-0.25, -0.2) is 5.06 Å². The van der Waals surface area contributed by atoms with Gasteiger partial charge in [0, 0.05) is 13.5 Å². The van der Waals surface area contributed by atoms with Gasteiger partial charge in [0.2, 0.25) is 5.91 Å². The summed E-state index contributed by atoms with van der Waals surface area (Å²) in [6, 6.07) is 8.47. The van der Waals surface area contributed by atoms with Crippen LogP contribution in [0.5, 0.6) is 0 Å². The van der Waals surface area contributed by atoms with Crippen molar-refractivity contribution in [1.29, 1.82) is 0 Å². The second kappa shape index (κ2) is 12.9. The molecule has 2 rings (SSSR count). The second-order valence-corrected chi connectivity index (χ2v) is 9.67. The van der Waals surface area contributed by atoms with Gasteiger partial charge in [-0.3, -0.25) is 14.2 Å². The number of benzene rings is 2. The van der Waals surface area contributed by atoms with Gasteiger partial charge in [0.25, 0.3) is 0 Å². The minimum Gasteiger partial charge on any atom is -0.344 e. The van der Waals surface area contributed by atoms with Crippen LogP contribution >= 0.6 is 30.8 Å². The van der Waals surface area contributed by atoms with Crippen LogP contribution in [0, 0.1) is 0 Å². The molecule has 14 heteroatoms. The molecule has 0 aliphatic heterocycles. The first-order chi connectivity index (χ1) is 14.7. The summed E-state index contributed by atoms with van der Waals surface area (Å²) in [6.45, 7) is 2.55. The molecule has 2 atom stereocenters. The molecular formula is C20H27Cl2F3N3O5P. The lowest BCUT2D eigenvalue weighted by Gasteiger charge is -2.27. The maximum absolute atomic E-state index is 12.7. The van der Waals surface area contributed by atoms with Crippen molar-refractivity contribution >= 4 is 36.7 Å². The highest BCUT2D eigenvalue weighted by atomic mass is 35.5. The van der Waals surface area contributed by atoms with E-state index in [2.05, 4.69) is 0 Å². The fraction of sp³-hybridized carbons (Fsp3) is 0.350. The normalized spacial score (nSPS) is 13.3. The first-order valence-electron chi connectivity index (χ1n) is 9.32. The molecule has 1 amide bonds. The topological polar surface area (TPSA) is 157 Å². The number of carbonyl (C=O) groups excluding carboxylic acids is 1. The van der Waals surface area contributed by atoms with Crippen LogP contribution in [0.2, 0.25) is 10.0 Å². The number of carbonyl (C=O) groups is 1. The predicted molar refractivity (Wildman–Crippen MR) is 124 cm³/mol. The Morgan fingerprint density at radius 2 is 1.59 bits per heavy atom. The number of alkyl halides is 3. The lowest BCUT2D eigenvalue weighted by molar-refractivity contribution is -0.203. The summed E-state index contributed by atoms with van der Waals surface area (Å²) in [7, 11) is -4.63. The first-order valence-corrected chi connectivity index (χ1v) is 11.8. The Labute approximate surface area is 205 Å². The van der Waals surface area contributed by atoms with E-state index >= 15 is 0 Å². The van der Waals surface area contributed by atoms with Gasteiger partial charge in [0.1, 0.15) is 6.10 Å². The molecule has 0 saturated carbocycles. The van der Waals surface area contributed by atoms with E-state index in [-0.39, 0.29) is 40.9 Å². The third-order valence-electron chi connectivity index (χ3n) is 4.68. The van der Waals surface area contributed by atoms with E-state index in [0.717, 1.165) is 17.2 Å². The molecule has 0 aliphatic rings. The van der Waals surface area contributed by atoms with Gasteiger partial charge in [0.15, 0.2) is 0 Å². The van der Waals surface area contributed by atoms with Gasteiger partial charge in [-0.1, -0.05) is 41.4 Å². The van der Waals surface area contributed by atoms with Crippen LogP contribution in [0.1, 0.15) is 48.7 Å². The van der Waals surface area contributed by atoms with Crippen molar-refractivity contribution in [3.05, 3.63) is 69.2 Å². The monoisotopic (exact) mass is 547 g/mol. The third kappa shape index (κ3) is 8.83. The first kappa shape index (κ1) is 32.3. The molecule has 2 unspecified atom stereocenters. The van der Waals surface area contributed by atoms with E-state index in [0.29, 0.717) is 5.56 Å². The van der Waals surface area contributed by atoms with Gasteiger partial charge < -0.3 is 22.1 Å². The number of hydrogen-bond donors (Lipinski definition) is 4. The molecule has 0 aromatic heterocycles. The van der Waals surface area contributed by atoms with E-state index in [1.54, 1.807) is 0 Å². The average Bonchev–Trinajstić information content (AvgIpc) is 2.68. The van der Waals surface area contributed by atoms with Crippen LogP contribution < -0.4 is 12.3 Å². The number of nitrogens with zero attached hydrogens (tertiary/aromatic N) is 1. The molecule has 0 aliphatic carbocycles. The molecular weight excluding hydrogens is 521 g/mol. The molecule has 0 heterocycles. The standard InChI is InChI=1S/C20H21Cl2F3NO5P.2H3N/c1-12(14-3-6-16(7-4-14)20(23,24)25)31-26(13(2)27)10-9-19(32(28,29)30)15-5-8-17(21)18(22)11-15;;/h3-8,11-12,19H,9-10H2,1-2H3,(H2,28,29,30);2*1H3. The molecule has 0 bridgehead atoms. The SMILES string of the molecule is CC(=O)N(CCC(c1ccc(Cl)c(Cl)c1)P(=O)(O)O)OC(C)c1ccc(C(F)(F)F)cc1.N.N. The maximum atomic E-state index is 12.7. The molecule has 192 valence electrons. The Kier molecular flexibility index (Phi) is 12.2. The van der Waals surface area contributed by atoms with E-state index in [1.807, 2.05) is 0 Å². The summed E-state index contributed by atoms with van der Waals surface area (Å²) in [5.41, 5.74) is -1.46. The quantitative estimate of drug-likeness (QED) is 0.217. The van der Waals surface area contributed by atoms with Crippen molar-refractivity contribution in [2.24, 2.45) is 0 Å². The Balaban J connectivity index is 0.00000544. The summed E-state index contributed by atoms with van der Waals surface area (Å²) in [4.78, 5) is 37.2. The van der Waals surface area contributed by atoms with Gasteiger partial charge in [0.05, 0.1) is 21.3 Å². The number of amides is 1. The highest BCUT2D eigenvalue weighted by molar-refractivity contribution is 7.52. The Bertz CT molecular complexity index is 1010. The van der Waals surface area contributed by atoms with E-state index in [1.165, 1.54) is 44.2 Å². The lowest BCUT2D eigenvalue weighted by atomic mass is 10.1. The van der Waals surface area contributed by atoms with E-state index < -0.39 is 37.0 Å². The zero-order valence-corrected chi connectivity index (χ0v) is 20.8. The van der Waals surface area contributed by atoms with Crippen LogP contribution in [0.15, 0.2) is 42.5 Å². The Morgan fingerprint density at radius 1 is 1.06 bits per heavy atom. The fourth-order valence-electron chi connectivity index (χ4n) is 2.97. The van der Waals surface area contributed by atoms with Gasteiger partial charge in [-0.15, -0.1) is 0 Å². The maximum Gasteiger partial charge on any atom is 0.416 e. The summed E-state index contributed by atoms with van der Waals surface area (Å²) < 4.78 is 50.2. The number of hydrogen-bond acceptors (Lipinski definition) is 5. The zero-order chi connectivity index (χ0) is 24.3. The summed E-state index contributed by atoms with van der Waals surface area (Å²) in [5.74, 6) is -0.539. The molecule has 8 nitrogen and oxygen atoms in total. The highest BCUT2D eigenvalue weighted by Gasteiger charge is 2.32. The minimum absolute atomic E-state index is 0. The van der Waals surface area contributed by atoms with Crippen molar-refractivity contribution in [2.45, 2.75) is 38.2 Å². The zero-order valence-electron chi connectivity index (χ0n) is 18.4. The molecule has 0 fully saturated rings. The Morgan fingerprint density at radius 3 is 2.03 bits per heavy atom. The Hall–Kier alpha value is -1.69. The summed E-state index contributed by atoms with van der Waals surface area (Å²) in [6.07, 6.45) is -5.43. The minimum atomic E-state index is -4.63. The van der Waals surface area contributed by atoms with Crippen molar-refractivity contribution in [3.63, 3.8) is 0 Å². The van der Waals surface area contributed by atoms with Crippen LogP contribution in [0.25, 0.3) is 0 Å².